The summed E-state index contributed by atoms with van der Waals surface area (Å²) >= 11 is 2.14. The number of anilines is 1. The summed E-state index contributed by atoms with van der Waals surface area (Å²) in [6.07, 6.45) is 0. The van der Waals surface area contributed by atoms with Crippen molar-refractivity contribution in [3.05, 3.63) is 62.5 Å². The molecule has 2 rings (SSSR count). The molecule has 0 saturated carbocycles. The zero-order chi connectivity index (χ0) is 14.0. The number of carbonyl (C=O) groups is 1. The van der Waals surface area contributed by atoms with E-state index in [4.69, 9.17) is 0 Å². The molecule has 1 N–H and O–H groups in total. The van der Waals surface area contributed by atoms with Crippen molar-refractivity contribution in [1.29, 1.82) is 0 Å². The van der Waals surface area contributed by atoms with E-state index >= 15 is 0 Å². The Kier molecular flexibility index (Phi) is 4.19. The lowest BCUT2D eigenvalue weighted by Gasteiger charge is -2.09. The first-order valence-corrected chi connectivity index (χ1v) is 6.89. The van der Waals surface area contributed by atoms with E-state index in [9.17, 15) is 9.18 Å². The van der Waals surface area contributed by atoms with E-state index in [1.165, 1.54) is 12.1 Å². The second-order valence-electron chi connectivity index (χ2n) is 4.41. The fraction of sp³-hybridized carbons (Fsp3) is 0.133. The molecule has 19 heavy (non-hydrogen) atoms. The Morgan fingerprint density at radius 3 is 2.63 bits per heavy atom. The highest BCUT2D eigenvalue weighted by atomic mass is 127. The van der Waals surface area contributed by atoms with Gasteiger partial charge in [-0.25, -0.2) is 4.39 Å². The van der Waals surface area contributed by atoms with Crippen LogP contribution in [0.2, 0.25) is 0 Å². The van der Waals surface area contributed by atoms with Crippen LogP contribution < -0.4 is 5.32 Å². The minimum atomic E-state index is -0.353. The first-order valence-electron chi connectivity index (χ1n) is 5.81. The normalized spacial score (nSPS) is 10.3. The summed E-state index contributed by atoms with van der Waals surface area (Å²) in [5, 5.41) is 2.72. The molecule has 0 fully saturated rings. The van der Waals surface area contributed by atoms with Crippen molar-refractivity contribution >= 4 is 34.2 Å². The molecule has 2 aromatic rings. The van der Waals surface area contributed by atoms with E-state index in [1.54, 1.807) is 19.1 Å². The molecule has 0 saturated heterocycles. The van der Waals surface area contributed by atoms with E-state index in [-0.39, 0.29) is 11.7 Å². The van der Waals surface area contributed by atoms with E-state index in [1.807, 2.05) is 19.1 Å². The summed E-state index contributed by atoms with van der Waals surface area (Å²) in [4.78, 5) is 12.2. The predicted octanol–water partition coefficient (Wildman–Crippen LogP) is 4.30. The van der Waals surface area contributed by atoms with Crippen molar-refractivity contribution in [3.63, 3.8) is 0 Å². The molecule has 0 aromatic heterocycles. The molecule has 0 aliphatic rings. The highest BCUT2D eigenvalue weighted by molar-refractivity contribution is 14.1. The van der Waals surface area contributed by atoms with E-state index in [0.717, 1.165) is 14.7 Å². The molecule has 2 aromatic carbocycles. The molecular formula is C15H13FINO. The molecule has 0 heterocycles. The van der Waals surface area contributed by atoms with Crippen LogP contribution in [0.4, 0.5) is 10.1 Å². The van der Waals surface area contributed by atoms with Gasteiger partial charge < -0.3 is 5.32 Å². The highest BCUT2D eigenvalue weighted by Gasteiger charge is 2.11. The van der Waals surface area contributed by atoms with Gasteiger partial charge in [-0.1, -0.05) is 12.1 Å². The fourth-order valence-electron chi connectivity index (χ4n) is 1.83. The summed E-state index contributed by atoms with van der Waals surface area (Å²) in [7, 11) is 0. The second-order valence-corrected chi connectivity index (χ2v) is 5.49. The van der Waals surface area contributed by atoms with Crippen molar-refractivity contribution in [2.24, 2.45) is 0 Å². The van der Waals surface area contributed by atoms with Crippen molar-refractivity contribution in [2.75, 3.05) is 5.32 Å². The van der Waals surface area contributed by atoms with Crippen LogP contribution in [0, 0.1) is 23.2 Å². The van der Waals surface area contributed by atoms with Crippen LogP contribution in [0.1, 0.15) is 21.5 Å². The van der Waals surface area contributed by atoms with Gasteiger partial charge in [-0.2, -0.15) is 0 Å². The summed E-state index contributed by atoms with van der Waals surface area (Å²) < 4.78 is 14.2. The minimum absolute atomic E-state index is 0.224. The lowest BCUT2D eigenvalue weighted by atomic mass is 10.1. The van der Waals surface area contributed by atoms with E-state index < -0.39 is 0 Å². The Balaban J connectivity index is 2.28. The summed E-state index contributed by atoms with van der Waals surface area (Å²) in [6.45, 7) is 3.74. The monoisotopic (exact) mass is 369 g/mol. The number of carbonyl (C=O) groups excluding carboxylic acids is 1. The number of amides is 1. The largest absolute Gasteiger partial charge is 0.322 e. The van der Waals surface area contributed by atoms with Crippen molar-refractivity contribution in [2.45, 2.75) is 13.8 Å². The zero-order valence-electron chi connectivity index (χ0n) is 10.6. The quantitative estimate of drug-likeness (QED) is 0.786. The maximum atomic E-state index is 13.3. The van der Waals surface area contributed by atoms with Gasteiger partial charge in [0.1, 0.15) is 5.82 Å². The lowest BCUT2D eigenvalue weighted by molar-refractivity contribution is 0.102. The molecular weight excluding hydrogens is 356 g/mol. The maximum absolute atomic E-state index is 13.3. The average molecular weight is 369 g/mol. The summed E-state index contributed by atoms with van der Waals surface area (Å²) in [5.74, 6) is -0.577. The first-order chi connectivity index (χ1) is 8.97. The molecule has 0 radical (unpaired) electrons. The number of hydrogen-bond donors (Lipinski definition) is 1. The van der Waals surface area contributed by atoms with Crippen molar-refractivity contribution in [1.82, 2.24) is 0 Å². The van der Waals surface area contributed by atoms with Crippen LogP contribution in [0.25, 0.3) is 0 Å². The maximum Gasteiger partial charge on any atom is 0.256 e. The van der Waals surface area contributed by atoms with Crippen LogP contribution in [0.3, 0.4) is 0 Å². The number of aryl methyl sites for hydroxylation is 2. The minimum Gasteiger partial charge on any atom is -0.322 e. The third-order valence-electron chi connectivity index (χ3n) is 2.74. The van der Waals surface area contributed by atoms with Gasteiger partial charge in [-0.15, -0.1) is 0 Å². The fourth-order valence-corrected chi connectivity index (χ4v) is 2.43. The molecule has 0 spiro atoms. The number of nitrogens with one attached hydrogen (secondary N) is 1. The standard InChI is InChI=1S/C15H13FINO/c1-9-6-11(16)8-12(7-9)18-15(19)13-5-3-4-10(2)14(13)17/h3-8H,1-2H3,(H,18,19). The molecule has 0 unspecified atom stereocenters. The van der Waals surface area contributed by atoms with Gasteiger partial charge in [-0.3, -0.25) is 4.79 Å². The van der Waals surface area contributed by atoms with Crippen LogP contribution in [-0.2, 0) is 0 Å². The first kappa shape index (κ1) is 14.0. The second kappa shape index (κ2) is 5.69. The molecule has 0 atom stereocenters. The number of benzene rings is 2. The van der Waals surface area contributed by atoms with Gasteiger partial charge in [0, 0.05) is 9.26 Å². The Morgan fingerprint density at radius 2 is 1.95 bits per heavy atom. The number of halogens is 2. The Morgan fingerprint density at radius 1 is 1.21 bits per heavy atom. The predicted molar refractivity (Wildman–Crippen MR) is 83.0 cm³/mol. The molecule has 0 aliphatic heterocycles. The van der Waals surface area contributed by atoms with E-state index in [0.29, 0.717) is 11.3 Å². The molecule has 4 heteroatoms. The van der Waals surface area contributed by atoms with Crippen molar-refractivity contribution in [3.8, 4) is 0 Å². The van der Waals surface area contributed by atoms with Gasteiger partial charge >= 0.3 is 0 Å². The van der Waals surface area contributed by atoms with Gasteiger partial charge in [0.25, 0.3) is 5.91 Å². The van der Waals surface area contributed by atoms with Gasteiger partial charge in [0.2, 0.25) is 0 Å². The number of rotatable bonds is 2. The topological polar surface area (TPSA) is 29.1 Å². The highest BCUT2D eigenvalue weighted by Crippen LogP contribution is 2.19. The Bertz CT molecular complexity index is 620. The molecule has 2 nitrogen and oxygen atoms in total. The van der Waals surface area contributed by atoms with Crippen LogP contribution in [0.5, 0.6) is 0 Å². The molecule has 98 valence electrons. The van der Waals surface area contributed by atoms with Crippen LogP contribution in [0.15, 0.2) is 36.4 Å². The van der Waals surface area contributed by atoms with Gasteiger partial charge in [0.05, 0.1) is 5.56 Å². The van der Waals surface area contributed by atoms with E-state index in [2.05, 4.69) is 27.9 Å². The zero-order valence-corrected chi connectivity index (χ0v) is 12.8. The molecule has 1 amide bonds. The Labute approximate surface area is 125 Å². The SMILES string of the molecule is Cc1cc(F)cc(NC(=O)c2cccc(C)c2I)c1. The van der Waals surface area contributed by atoms with Crippen molar-refractivity contribution < 1.29 is 9.18 Å². The Hall–Kier alpha value is -1.43. The smallest absolute Gasteiger partial charge is 0.256 e. The molecule has 0 aliphatic carbocycles. The summed E-state index contributed by atoms with van der Waals surface area (Å²) in [5.41, 5.74) is 2.89. The third kappa shape index (κ3) is 3.32. The molecule has 0 bridgehead atoms. The lowest BCUT2D eigenvalue weighted by Crippen LogP contribution is -2.14. The third-order valence-corrected chi connectivity index (χ3v) is 4.17. The average Bonchev–Trinajstić information content (AvgIpc) is 2.31. The van der Waals surface area contributed by atoms with Crippen LogP contribution >= 0.6 is 22.6 Å². The van der Waals surface area contributed by atoms with Crippen LogP contribution in [-0.4, -0.2) is 5.91 Å². The summed E-state index contributed by atoms with van der Waals surface area (Å²) in [6, 6.07) is 10.0. The van der Waals surface area contributed by atoms with Gasteiger partial charge in [-0.05, 0) is 71.8 Å². The number of hydrogen-bond acceptors (Lipinski definition) is 1. The van der Waals surface area contributed by atoms with Gasteiger partial charge in [0.15, 0.2) is 0 Å².